The summed E-state index contributed by atoms with van der Waals surface area (Å²) >= 11 is 0. The van der Waals surface area contributed by atoms with Gasteiger partial charge in [0, 0.05) is 42.4 Å². The Morgan fingerprint density at radius 3 is 2.79 bits per heavy atom. The van der Waals surface area contributed by atoms with Gasteiger partial charge in [0.05, 0.1) is 16.8 Å². The van der Waals surface area contributed by atoms with Gasteiger partial charge in [0.15, 0.2) is 0 Å². The average molecular weight is 379 g/mol. The Hall–Kier alpha value is -1.95. The third-order valence-electron chi connectivity index (χ3n) is 7.86. The summed E-state index contributed by atoms with van der Waals surface area (Å²) in [6.45, 7) is 2.18. The first-order valence-corrected chi connectivity index (χ1v) is 11.0. The van der Waals surface area contributed by atoms with Crippen LogP contribution >= 0.6 is 0 Å². The van der Waals surface area contributed by atoms with Gasteiger partial charge in [-0.15, -0.1) is 0 Å². The smallest absolute Gasteiger partial charge is 0.225 e. The molecule has 0 radical (unpaired) electrons. The molecule has 7 rings (SSSR count). The number of hydrogen-bond acceptors (Lipinski definition) is 5. The third kappa shape index (κ3) is 2.46. The summed E-state index contributed by atoms with van der Waals surface area (Å²) in [7, 11) is 2.06. The summed E-state index contributed by atoms with van der Waals surface area (Å²) in [5.74, 6) is 1.61. The van der Waals surface area contributed by atoms with Gasteiger partial charge in [0.2, 0.25) is 5.95 Å². The lowest BCUT2D eigenvalue weighted by atomic mass is 9.70. The monoisotopic (exact) mass is 378 g/mol. The van der Waals surface area contributed by atoms with Crippen LogP contribution in [0.5, 0.6) is 0 Å². The minimum atomic E-state index is 0.0103. The maximum atomic E-state index is 5.08. The Bertz CT molecular complexity index is 873. The van der Waals surface area contributed by atoms with Crippen LogP contribution in [0.25, 0.3) is 0 Å². The second-order valence-corrected chi connectivity index (χ2v) is 9.73. The number of nitrogens with zero attached hydrogens (tertiary/aromatic N) is 4. The van der Waals surface area contributed by atoms with Gasteiger partial charge in [0.25, 0.3) is 0 Å². The highest BCUT2D eigenvalue weighted by Gasteiger charge is 2.56. The van der Waals surface area contributed by atoms with E-state index in [1.54, 1.807) is 0 Å². The van der Waals surface area contributed by atoms with Crippen molar-refractivity contribution in [1.82, 2.24) is 25.5 Å². The highest BCUT2D eigenvalue weighted by Crippen LogP contribution is 2.54. The van der Waals surface area contributed by atoms with Crippen LogP contribution in [-0.4, -0.2) is 46.3 Å². The SMILES string of the molecule is CNCC12CC(C1)N(c1nccc(C3(c4cc(C5CCCC5)[nH]n4)CC3)n1)C2. The van der Waals surface area contributed by atoms with Gasteiger partial charge in [-0.25, -0.2) is 9.97 Å². The van der Waals surface area contributed by atoms with E-state index in [0.717, 1.165) is 37.6 Å². The zero-order chi connectivity index (χ0) is 18.8. The van der Waals surface area contributed by atoms with Crippen molar-refractivity contribution in [2.45, 2.75) is 68.7 Å². The first-order chi connectivity index (χ1) is 13.7. The molecule has 2 aromatic rings. The second-order valence-electron chi connectivity index (χ2n) is 9.73. The highest BCUT2D eigenvalue weighted by molar-refractivity contribution is 5.45. The zero-order valence-corrected chi connectivity index (χ0v) is 16.7. The molecule has 0 atom stereocenters. The van der Waals surface area contributed by atoms with Crippen LogP contribution in [0.3, 0.4) is 0 Å². The van der Waals surface area contributed by atoms with Gasteiger partial charge in [0.1, 0.15) is 0 Å². The number of aromatic amines is 1. The van der Waals surface area contributed by atoms with E-state index in [0.29, 0.717) is 17.4 Å². The Balaban J connectivity index is 1.26. The number of aromatic nitrogens is 4. The Morgan fingerprint density at radius 2 is 2.04 bits per heavy atom. The van der Waals surface area contributed by atoms with E-state index in [2.05, 4.69) is 39.5 Å². The van der Waals surface area contributed by atoms with Crippen LogP contribution in [0.4, 0.5) is 5.95 Å². The molecule has 6 heteroatoms. The van der Waals surface area contributed by atoms with Gasteiger partial charge < -0.3 is 10.2 Å². The number of H-pyrrole nitrogens is 1. The largest absolute Gasteiger partial charge is 0.337 e. The first kappa shape index (κ1) is 17.0. The van der Waals surface area contributed by atoms with Gasteiger partial charge in [-0.2, -0.15) is 5.10 Å². The lowest BCUT2D eigenvalue weighted by molar-refractivity contribution is 0.196. The van der Waals surface area contributed by atoms with Crippen LogP contribution in [0.1, 0.15) is 74.4 Å². The van der Waals surface area contributed by atoms with Crippen LogP contribution in [-0.2, 0) is 5.41 Å². The minimum absolute atomic E-state index is 0.0103. The Labute approximate surface area is 166 Å². The second kappa shape index (κ2) is 6.02. The fourth-order valence-electron chi connectivity index (χ4n) is 6.14. The maximum Gasteiger partial charge on any atom is 0.225 e. The number of anilines is 1. The fraction of sp³-hybridized carbons (Fsp3) is 0.682. The molecule has 5 aliphatic rings. The summed E-state index contributed by atoms with van der Waals surface area (Å²) in [6.07, 6.45) is 12.1. The van der Waals surface area contributed by atoms with Crippen molar-refractivity contribution in [3.63, 3.8) is 0 Å². The number of fused-ring (bicyclic) bond motifs is 1. The summed E-state index contributed by atoms with van der Waals surface area (Å²) in [5, 5.41) is 11.5. The quantitative estimate of drug-likeness (QED) is 0.808. The highest BCUT2D eigenvalue weighted by atomic mass is 15.3. The van der Waals surface area contributed by atoms with Crippen LogP contribution < -0.4 is 10.2 Å². The molecule has 0 aromatic carbocycles. The molecule has 28 heavy (non-hydrogen) atoms. The van der Waals surface area contributed by atoms with E-state index >= 15 is 0 Å². The third-order valence-corrected chi connectivity index (χ3v) is 7.86. The van der Waals surface area contributed by atoms with E-state index in [1.807, 2.05) is 6.20 Å². The first-order valence-electron chi connectivity index (χ1n) is 11.0. The molecule has 2 bridgehead atoms. The number of rotatable bonds is 6. The molecule has 0 spiro atoms. The molecule has 148 valence electrons. The van der Waals surface area contributed by atoms with E-state index < -0.39 is 0 Å². The van der Waals surface area contributed by atoms with E-state index in [-0.39, 0.29) is 5.41 Å². The molecular weight excluding hydrogens is 348 g/mol. The maximum absolute atomic E-state index is 5.08. The van der Waals surface area contributed by atoms with Crippen molar-refractivity contribution >= 4 is 5.95 Å². The van der Waals surface area contributed by atoms with Crippen molar-refractivity contribution in [1.29, 1.82) is 0 Å². The normalized spacial score (nSPS) is 30.6. The predicted octanol–water partition coefficient (Wildman–Crippen LogP) is 3.13. The Morgan fingerprint density at radius 1 is 1.21 bits per heavy atom. The van der Waals surface area contributed by atoms with Crippen molar-refractivity contribution in [3.8, 4) is 0 Å². The summed E-state index contributed by atoms with van der Waals surface area (Å²) in [4.78, 5) is 12.2. The zero-order valence-electron chi connectivity index (χ0n) is 16.7. The minimum Gasteiger partial charge on any atom is -0.337 e. The lowest BCUT2D eigenvalue weighted by Gasteiger charge is -2.36. The molecule has 3 saturated carbocycles. The van der Waals surface area contributed by atoms with Gasteiger partial charge in [-0.1, -0.05) is 12.8 Å². The topological polar surface area (TPSA) is 69.7 Å². The summed E-state index contributed by atoms with van der Waals surface area (Å²) in [6, 6.07) is 5.07. The van der Waals surface area contributed by atoms with E-state index in [9.17, 15) is 0 Å². The van der Waals surface area contributed by atoms with Crippen LogP contribution in [0.2, 0.25) is 0 Å². The predicted molar refractivity (Wildman–Crippen MR) is 109 cm³/mol. The molecule has 6 nitrogen and oxygen atoms in total. The Kier molecular flexibility index (Phi) is 3.65. The summed E-state index contributed by atoms with van der Waals surface area (Å²) < 4.78 is 0. The molecule has 2 aliphatic heterocycles. The molecule has 2 N–H and O–H groups in total. The molecular formula is C22H30N6. The van der Waals surface area contributed by atoms with Gasteiger partial charge in [-0.05, 0) is 57.7 Å². The molecule has 4 heterocycles. The molecule has 3 aliphatic carbocycles. The van der Waals surface area contributed by atoms with Gasteiger partial charge in [-0.3, -0.25) is 5.10 Å². The number of hydrogen-bond donors (Lipinski definition) is 2. The molecule has 0 amide bonds. The van der Waals surface area contributed by atoms with Crippen molar-refractivity contribution in [3.05, 3.63) is 35.4 Å². The molecule has 2 aromatic heterocycles. The fourth-order valence-corrected chi connectivity index (χ4v) is 6.14. The average Bonchev–Trinajstić information content (AvgIpc) is 3.15. The lowest BCUT2D eigenvalue weighted by Crippen LogP contribution is -2.41. The van der Waals surface area contributed by atoms with Crippen LogP contribution in [0.15, 0.2) is 18.3 Å². The summed E-state index contributed by atoms with van der Waals surface area (Å²) in [5.41, 5.74) is 4.14. The number of nitrogens with one attached hydrogen (secondary N) is 2. The molecule has 0 unspecified atom stereocenters. The van der Waals surface area contributed by atoms with Gasteiger partial charge >= 0.3 is 0 Å². The van der Waals surface area contributed by atoms with E-state index in [4.69, 9.17) is 10.1 Å². The molecule has 5 fully saturated rings. The van der Waals surface area contributed by atoms with Crippen molar-refractivity contribution in [2.75, 3.05) is 25.0 Å². The molecule has 2 saturated heterocycles. The van der Waals surface area contributed by atoms with Crippen molar-refractivity contribution in [2.24, 2.45) is 5.41 Å². The standard InChI is InChI=1S/C22H30N6/c1-23-13-21-11-16(12-21)28(14-21)20-24-9-6-18(25-20)22(7-8-22)19-10-17(26-27-19)15-4-2-3-5-15/h6,9-10,15-16,23H,2-5,7-8,11-14H2,1H3,(H,26,27). The van der Waals surface area contributed by atoms with Crippen molar-refractivity contribution < 1.29 is 0 Å². The van der Waals surface area contributed by atoms with E-state index in [1.165, 1.54) is 49.9 Å². The van der Waals surface area contributed by atoms with Crippen LogP contribution in [0, 0.1) is 5.41 Å².